The highest BCUT2D eigenvalue weighted by Gasteiger charge is 2.37. The van der Waals surface area contributed by atoms with E-state index in [1.807, 2.05) is 11.9 Å². The minimum atomic E-state index is -3.91. The molecular formula is C17H20ClFN4O3S. The Balaban J connectivity index is 2.22. The van der Waals surface area contributed by atoms with Crippen LogP contribution in [0.4, 0.5) is 10.2 Å². The van der Waals surface area contributed by atoms with Gasteiger partial charge in [-0.3, -0.25) is 4.57 Å². The maximum Gasteiger partial charge on any atom is 0.349 e. The van der Waals surface area contributed by atoms with Crippen molar-refractivity contribution in [1.82, 2.24) is 14.5 Å². The number of fused-ring (bicyclic) bond motifs is 2. The van der Waals surface area contributed by atoms with Crippen LogP contribution in [-0.4, -0.2) is 61.3 Å². The number of halogens is 2. The van der Waals surface area contributed by atoms with Gasteiger partial charge in [-0.1, -0.05) is 11.6 Å². The van der Waals surface area contributed by atoms with Crippen LogP contribution < -0.4 is 10.6 Å². The zero-order chi connectivity index (χ0) is 19.7. The van der Waals surface area contributed by atoms with Crippen LogP contribution in [0.1, 0.15) is 12.0 Å². The Bertz CT molecular complexity index is 1130. The Morgan fingerprint density at radius 1 is 1.26 bits per heavy atom. The molecule has 0 bridgehead atoms. The molecule has 10 heteroatoms. The van der Waals surface area contributed by atoms with Crippen molar-refractivity contribution in [2.45, 2.75) is 24.3 Å². The molecule has 0 amide bonds. The summed E-state index contributed by atoms with van der Waals surface area (Å²) < 4.78 is 42.4. The number of nitrogens with zero attached hydrogens (tertiary/aromatic N) is 4. The molecule has 0 aliphatic carbocycles. The monoisotopic (exact) mass is 414 g/mol. The number of sulfone groups is 1. The normalized spacial score (nSPS) is 22.4. The number of rotatable bonds is 0. The fourth-order valence-electron chi connectivity index (χ4n) is 4.04. The first-order valence-corrected chi connectivity index (χ1v) is 10.7. The van der Waals surface area contributed by atoms with Crippen LogP contribution in [0.25, 0.3) is 10.9 Å². The summed E-state index contributed by atoms with van der Waals surface area (Å²) in [5.74, 6) is -0.816. The molecule has 2 aromatic rings. The van der Waals surface area contributed by atoms with Crippen molar-refractivity contribution in [3.8, 4) is 0 Å². The third-order valence-electron chi connectivity index (χ3n) is 5.57. The van der Waals surface area contributed by atoms with E-state index in [9.17, 15) is 13.2 Å². The van der Waals surface area contributed by atoms with Gasteiger partial charge in [0.25, 0.3) is 0 Å². The van der Waals surface area contributed by atoms with Crippen molar-refractivity contribution in [3.05, 3.63) is 26.9 Å². The van der Waals surface area contributed by atoms with Gasteiger partial charge in [-0.2, -0.15) is 4.98 Å². The lowest BCUT2D eigenvalue weighted by atomic mass is 10.1. The number of aryl methyl sites for hydroxylation is 1. The van der Waals surface area contributed by atoms with Crippen LogP contribution in [0.5, 0.6) is 0 Å². The summed E-state index contributed by atoms with van der Waals surface area (Å²) in [6, 6.07) is -0.127. The molecule has 0 N–H and O–H groups in total. The van der Waals surface area contributed by atoms with Gasteiger partial charge in [0, 0.05) is 38.3 Å². The largest absolute Gasteiger partial charge is 0.350 e. The van der Waals surface area contributed by atoms with Crippen molar-refractivity contribution < 1.29 is 12.8 Å². The van der Waals surface area contributed by atoms with Gasteiger partial charge in [-0.15, -0.1) is 0 Å². The highest BCUT2D eigenvalue weighted by molar-refractivity contribution is 7.91. The van der Waals surface area contributed by atoms with Crippen molar-refractivity contribution in [2.75, 3.05) is 37.3 Å². The van der Waals surface area contributed by atoms with E-state index in [1.54, 1.807) is 0 Å². The topological polar surface area (TPSA) is 75.5 Å². The Morgan fingerprint density at radius 3 is 2.67 bits per heavy atom. The second-order valence-electron chi connectivity index (χ2n) is 7.30. The predicted octanol–water partition coefficient (Wildman–Crippen LogP) is 1.33. The molecule has 27 heavy (non-hydrogen) atoms. The third kappa shape index (κ3) is 2.67. The number of hydrogen-bond acceptors (Lipinski definition) is 6. The van der Waals surface area contributed by atoms with Gasteiger partial charge >= 0.3 is 5.69 Å². The molecule has 3 heterocycles. The Hall–Kier alpha value is -1.71. The molecule has 1 atom stereocenters. The summed E-state index contributed by atoms with van der Waals surface area (Å²) in [6.07, 6.45) is 0.339. The summed E-state index contributed by atoms with van der Waals surface area (Å²) in [5, 5.41) is 0.149. The Labute approximate surface area is 161 Å². The number of piperazine rings is 1. The number of aromatic nitrogens is 2. The molecule has 1 unspecified atom stereocenters. The molecule has 4 rings (SSSR count). The molecule has 0 saturated carbocycles. The average Bonchev–Trinajstić information content (AvgIpc) is 2.60. The van der Waals surface area contributed by atoms with Crippen LogP contribution in [0.15, 0.2) is 9.69 Å². The van der Waals surface area contributed by atoms with Crippen molar-refractivity contribution in [3.63, 3.8) is 0 Å². The molecule has 2 aliphatic rings. The van der Waals surface area contributed by atoms with Gasteiger partial charge in [0.05, 0.1) is 21.7 Å². The van der Waals surface area contributed by atoms with E-state index in [2.05, 4.69) is 9.88 Å². The lowest BCUT2D eigenvalue weighted by Gasteiger charge is -2.42. The second-order valence-corrected chi connectivity index (χ2v) is 9.72. The number of hydrogen-bond donors (Lipinski definition) is 0. The highest BCUT2D eigenvalue weighted by Crippen LogP contribution is 2.41. The predicted molar refractivity (Wildman–Crippen MR) is 102 cm³/mol. The van der Waals surface area contributed by atoms with Crippen LogP contribution in [0.3, 0.4) is 0 Å². The molecule has 1 saturated heterocycles. The lowest BCUT2D eigenvalue weighted by Crippen LogP contribution is -2.53. The standard InChI is InChI=1S/C17H20ClFN4O3S/c1-9-12(18)14-11-15(13(9)19)27(25,26)7-4-10-8-21(2)5-6-23(10)16(11)20-17(24)22(14)3/h10H,4-8H2,1-3H3. The maximum absolute atomic E-state index is 15.1. The highest BCUT2D eigenvalue weighted by atomic mass is 35.5. The van der Waals surface area contributed by atoms with Gasteiger partial charge in [-0.05, 0) is 20.4 Å². The quantitative estimate of drug-likeness (QED) is 0.647. The maximum atomic E-state index is 15.1. The van der Waals surface area contributed by atoms with E-state index >= 15 is 4.39 Å². The van der Waals surface area contributed by atoms with Crippen molar-refractivity contribution in [2.24, 2.45) is 7.05 Å². The molecule has 0 spiro atoms. The molecule has 1 aromatic heterocycles. The van der Waals surface area contributed by atoms with E-state index in [4.69, 9.17) is 11.6 Å². The summed E-state index contributed by atoms with van der Waals surface area (Å²) >= 11 is 6.37. The second kappa shape index (κ2) is 6.15. The van der Waals surface area contributed by atoms with Crippen LogP contribution in [0, 0.1) is 12.7 Å². The van der Waals surface area contributed by atoms with Crippen LogP contribution >= 0.6 is 11.6 Å². The summed E-state index contributed by atoms with van der Waals surface area (Å²) in [5.41, 5.74) is -0.318. The Morgan fingerprint density at radius 2 is 1.96 bits per heavy atom. The SMILES string of the molecule is Cc1c(F)c2c3c(nc(=O)n(C)c3c1Cl)N1CCN(C)CC1CCS2(=O)=O. The van der Waals surface area contributed by atoms with Crippen LogP contribution in [0.2, 0.25) is 5.02 Å². The van der Waals surface area contributed by atoms with Gasteiger partial charge in [-0.25, -0.2) is 17.6 Å². The molecule has 146 valence electrons. The average molecular weight is 415 g/mol. The van der Waals surface area contributed by atoms with Crippen molar-refractivity contribution >= 4 is 38.2 Å². The van der Waals surface area contributed by atoms with E-state index in [0.29, 0.717) is 19.5 Å². The van der Waals surface area contributed by atoms with Gasteiger partial charge in [0.15, 0.2) is 9.84 Å². The fraction of sp³-hybridized carbons (Fsp3) is 0.529. The van der Waals surface area contributed by atoms with Gasteiger partial charge in [0.2, 0.25) is 0 Å². The zero-order valence-electron chi connectivity index (χ0n) is 15.3. The smallest absolute Gasteiger partial charge is 0.349 e. The minimum absolute atomic E-state index is 0.0189. The molecular weight excluding hydrogens is 395 g/mol. The summed E-state index contributed by atoms with van der Waals surface area (Å²) in [6.45, 7) is 3.37. The van der Waals surface area contributed by atoms with E-state index in [-0.39, 0.29) is 39.1 Å². The molecule has 7 nitrogen and oxygen atoms in total. The summed E-state index contributed by atoms with van der Waals surface area (Å²) in [4.78, 5) is 20.3. The van der Waals surface area contributed by atoms with Crippen LogP contribution in [-0.2, 0) is 16.9 Å². The zero-order valence-corrected chi connectivity index (χ0v) is 16.9. The van der Waals surface area contributed by atoms with Crippen molar-refractivity contribution in [1.29, 1.82) is 0 Å². The number of anilines is 1. The van der Waals surface area contributed by atoms with E-state index in [0.717, 1.165) is 6.54 Å². The molecule has 0 radical (unpaired) electrons. The minimum Gasteiger partial charge on any atom is -0.350 e. The van der Waals surface area contributed by atoms with Gasteiger partial charge in [0.1, 0.15) is 16.5 Å². The Kier molecular flexibility index (Phi) is 4.25. The molecule has 1 aromatic carbocycles. The first-order chi connectivity index (χ1) is 12.6. The molecule has 2 aliphatic heterocycles. The van der Waals surface area contributed by atoms with Gasteiger partial charge < -0.3 is 9.80 Å². The number of benzene rings is 1. The third-order valence-corrected chi connectivity index (χ3v) is 7.81. The van der Waals surface area contributed by atoms with E-state index in [1.165, 1.54) is 18.5 Å². The summed E-state index contributed by atoms with van der Waals surface area (Å²) in [7, 11) is -0.480. The lowest BCUT2D eigenvalue weighted by molar-refractivity contribution is 0.263. The first kappa shape index (κ1) is 18.6. The fourth-order valence-corrected chi connectivity index (χ4v) is 6.06. The van der Waals surface area contributed by atoms with E-state index < -0.39 is 26.2 Å². The molecule has 1 fully saturated rings. The number of likely N-dealkylation sites (N-methyl/N-ethyl adjacent to an activating group) is 1. The first-order valence-electron chi connectivity index (χ1n) is 8.69.